The molecule has 4 heterocycles. The predicted octanol–water partition coefficient (Wildman–Crippen LogP) is -9.09. The molecule has 0 aliphatic carbocycles. The number of hydrogen-bond donors (Lipinski definition) is 13. The predicted molar refractivity (Wildman–Crippen MR) is 139 cm³/mol. The smallest absolute Gasteiger partial charge is 0.187 e. The lowest BCUT2D eigenvalue weighted by atomic mass is 9.96. The zero-order chi connectivity index (χ0) is 34.0. The van der Waals surface area contributed by atoms with Crippen LogP contribution in [0.2, 0.25) is 0 Å². The number of aliphatic hydroxyl groups is 13. The van der Waals surface area contributed by atoms with Crippen molar-refractivity contribution in [3.05, 3.63) is 0 Å². The minimum Gasteiger partial charge on any atom is -0.394 e. The molecule has 4 aliphatic heterocycles. The molecule has 4 fully saturated rings. The first-order chi connectivity index (χ1) is 21.8. The van der Waals surface area contributed by atoms with E-state index in [0.717, 1.165) is 7.11 Å². The molecule has 0 aromatic rings. The van der Waals surface area contributed by atoms with Gasteiger partial charge in [-0.1, -0.05) is 0 Å². The average Bonchev–Trinajstić information content (AvgIpc) is 3.04. The molecule has 0 unspecified atom stereocenters. The molecule has 4 aliphatic rings. The third-order valence-corrected chi connectivity index (χ3v) is 8.44. The fraction of sp³-hybridized carbons (Fsp3) is 1.00. The highest BCUT2D eigenvalue weighted by atomic mass is 16.8. The second-order valence-electron chi connectivity index (χ2n) is 11.4. The summed E-state index contributed by atoms with van der Waals surface area (Å²) in [5.41, 5.74) is 0. The first-order valence-electron chi connectivity index (χ1n) is 14.5. The molecule has 0 spiro atoms. The van der Waals surface area contributed by atoms with Gasteiger partial charge >= 0.3 is 0 Å². The van der Waals surface area contributed by atoms with Crippen LogP contribution < -0.4 is 0 Å². The van der Waals surface area contributed by atoms with Gasteiger partial charge in [0.25, 0.3) is 0 Å². The topological polar surface area (TPSA) is 337 Å². The van der Waals surface area contributed by atoms with Crippen molar-refractivity contribution in [3.8, 4) is 0 Å². The lowest BCUT2D eigenvalue weighted by Gasteiger charge is -2.48. The SMILES string of the molecule is CO[C@H]1[C@@H](O[C@H]2[C@@H](O[C@@H]3[C@@H](O)[C@@H](O)O[C@H](CO[C@H]4O[C@H](CO)[C@H](O)[C@H](O)[C@H]4O)[C@H]3O)O[C@H](CO)[C@@H](O)[C@@H]2O)O[C@H](CO)[C@@H](O)[C@@H]1O. The minimum atomic E-state index is -2.04. The Morgan fingerprint density at radius 1 is 0.435 bits per heavy atom. The second kappa shape index (κ2) is 16.2. The van der Waals surface area contributed by atoms with Gasteiger partial charge < -0.3 is 104 Å². The van der Waals surface area contributed by atoms with Crippen molar-refractivity contribution >= 4 is 0 Å². The van der Waals surface area contributed by atoms with Gasteiger partial charge in [-0.3, -0.25) is 0 Å². The molecule has 0 bridgehead atoms. The van der Waals surface area contributed by atoms with E-state index in [-0.39, 0.29) is 0 Å². The van der Waals surface area contributed by atoms with E-state index in [1.54, 1.807) is 0 Å². The number of rotatable bonds is 11. The van der Waals surface area contributed by atoms with Crippen LogP contribution in [-0.2, 0) is 37.9 Å². The Balaban J connectivity index is 1.51. The van der Waals surface area contributed by atoms with Gasteiger partial charge in [-0.05, 0) is 0 Å². The van der Waals surface area contributed by atoms with Gasteiger partial charge in [0, 0.05) is 7.11 Å². The maximum Gasteiger partial charge on any atom is 0.187 e. The lowest BCUT2D eigenvalue weighted by molar-refractivity contribution is -0.390. The van der Waals surface area contributed by atoms with Gasteiger partial charge in [0.15, 0.2) is 25.2 Å². The van der Waals surface area contributed by atoms with E-state index in [4.69, 9.17) is 37.9 Å². The minimum absolute atomic E-state index is 0.687. The molecular formula is C25H44O21. The van der Waals surface area contributed by atoms with E-state index in [1.165, 1.54) is 0 Å². The summed E-state index contributed by atoms with van der Waals surface area (Å²) < 4.78 is 43.5. The number of methoxy groups -OCH3 is 1. The summed E-state index contributed by atoms with van der Waals surface area (Å²) in [6.45, 7) is -3.04. The highest BCUT2D eigenvalue weighted by Gasteiger charge is 2.54. The summed E-state index contributed by atoms with van der Waals surface area (Å²) in [7, 11) is 1.14. The average molecular weight is 681 g/mol. The van der Waals surface area contributed by atoms with E-state index in [0.29, 0.717) is 0 Å². The van der Waals surface area contributed by atoms with Crippen molar-refractivity contribution in [2.75, 3.05) is 33.5 Å². The monoisotopic (exact) mass is 680 g/mol. The molecule has 270 valence electrons. The number of hydrogen-bond acceptors (Lipinski definition) is 21. The van der Waals surface area contributed by atoms with Crippen LogP contribution >= 0.6 is 0 Å². The Kier molecular flexibility index (Phi) is 13.4. The van der Waals surface area contributed by atoms with Crippen LogP contribution in [0.15, 0.2) is 0 Å². The van der Waals surface area contributed by atoms with Crippen LogP contribution in [0.5, 0.6) is 0 Å². The summed E-state index contributed by atoms with van der Waals surface area (Å²) in [6, 6.07) is 0. The zero-order valence-electron chi connectivity index (χ0n) is 24.5. The molecule has 20 atom stereocenters. The summed E-state index contributed by atoms with van der Waals surface area (Å²) >= 11 is 0. The molecule has 4 rings (SSSR count). The van der Waals surface area contributed by atoms with Crippen molar-refractivity contribution in [3.63, 3.8) is 0 Å². The lowest BCUT2D eigenvalue weighted by Crippen LogP contribution is -2.67. The summed E-state index contributed by atoms with van der Waals surface area (Å²) in [6.07, 6.45) is -34.0. The van der Waals surface area contributed by atoms with Gasteiger partial charge in [-0.15, -0.1) is 0 Å². The van der Waals surface area contributed by atoms with Gasteiger partial charge in [0.05, 0.1) is 26.4 Å². The molecule has 0 saturated carbocycles. The first-order valence-corrected chi connectivity index (χ1v) is 14.5. The van der Waals surface area contributed by atoms with E-state index in [2.05, 4.69) is 0 Å². The molecule has 46 heavy (non-hydrogen) atoms. The third-order valence-electron chi connectivity index (χ3n) is 8.44. The van der Waals surface area contributed by atoms with Crippen LogP contribution in [0.1, 0.15) is 0 Å². The van der Waals surface area contributed by atoms with Gasteiger partial charge in [-0.2, -0.15) is 0 Å². The summed E-state index contributed by atoms with van der Waals surface area (Å²) in [4.78, 5) is 0. The van der Waals surface area contributed by atoms with Crippen LogP contribution in [0.25, 0.3) is 0 Å². The standard InChI is InChI=1S/C25H44O21/c1-39-20-15(34)11(30)7(3-27)43-24(20)46-21-16(35)12(31)8(4-28)44-25(21)45-19-13(32)9(41-22(38)18(19)37)5-40-23-17(36)14(33)10(29)6(2-26)42-23/h6-38H,2-5H2,1H3/t6-,7-,8-,9-,10+,11-,12-,13-,14+,15+,16+,17-,18-,19+,20-,21-,22+,23+,24-,25-/m1/s1. The van der Waals surface area contributed by atoms with E-state index < -0.39 is 149 Å². The maximum atomic E-state index is 11.1. The molecular weight excluding hydrogens is 636 g/mol. The van der Waals surface area contributed by atoms with Crippen molar-refractivity contribution in [1.29, 1.82) is 0 Å². The fourth-order valence-corrected chi connectivity index (χ4v) is 5.65. The molecule has 21 heteroatoms. The normalized spacial score (nSPS) is 52.0. The first kappa shape index (κ1) is 38.0. The molecule has 13 N–H and O–H groups in total. The molecule has 21 nitrogen and oxygen atoms in total. The number of ether oxygens (including phenoxy) is 8. The Labute approximate surface area is 261 Å². The van der Waals surface area contributed by atoms with E-state index in [1.807, 2.05) is 0 Å². The van der Waals surface area contributed by atoms with Gasteiger partial charge in [0.1, 0.15) is 97.7 Å². The Bertz CT molecular complexity index is 932. The molecule has 0 radical (unpaired) electrons. The van der Waals surface area contributed by atoms with Crippen LogP contribution in [0.4, 0.5) is 0 Å². The van der Waals surface area contributed by atoms with Crippen LogP contribution in [-0.4, -0.2) is 223 Å². The van der Waals surface area contributed by atoms with E-state index >= 15 is 0 Å². The Morgan fingerprint density at radius 2 is 0.891 bits per heavy atom. The second-order valence-corrected chi connectivity index (χ2v) is 11.4. The quantitative estimate of drug-likeness (QED) is 0.0963. The van der Waals surface area contributed by atoms with Crippen molar-refractivity contribution in [2.45, 2.75) is 123 Å². The third kappa shape index (κ3) is 7.65. The molecule has 0 aromatic carbocycles. The van der Waals surface area contributed by atoms with Crippen molar-refractivity contribution < 1.29 is 104 Å². The van der Waals surface area contributed by atoms with Crippen molar-refractivity contribution in [1.82, 2.24) is 0 Å². The highest BCUT2D eigenvalue weighted by molar-refractivity contribution is 4.97. The van der Waals surface area contributed by atoms with Crippen molar-refractivity contribution in [2.24, 2.45) is 0 Å². The van der Waals surface area contributed by atoms with Gasteiger partial charge in [0.2, 0.25) is 0 Å². The molecule has 0 aromatic heterocycles. The van der Waals surface area contributed by atoms with Crippen LogP contribution in [0.3, 0.4) is 0 Å². The maximum absolute atomic E-state index is 11.1. The van der Waals surface area contributed by atoms with Gasteiger partial charge in [-0.25, -0.2) is 0 Å². The van der Waals surface area contributed by atoms with Crippen LogP contribution in [0, 0.1) is 0 Å². The summed E-state index contributed by atoms with van der Waals surface area (Å²) in [5.74, 6) is 0. The highest BCUT2D eigenvalue weighted by Crippen LogP contribution is 2.33. The van der Waals surface area contributed by atoms with E-state index in [9.17, 15) is 66.4 Å². The molecule has 4 saturated heterocycles. The fourth-order valence-electron chi connectivity index (χ4n) is 5.65. The number of aliphatic hydroxyl groups excluding tert-OH is 13. The zero-order valence-corrected chi connectivity index (χ0v) is 24.5. The molecule has 0 amide bonds. The largest absolute Gasteiger partial charge is 0.394 e. The Morgan fingerprint density at radius 3 is 1.41 bits per heavy atom. The summed E-state index contributed by atoms with van der Waals surface area (Å²) in [5, 5.41) is 133. The Hall–Kier alpha value is -0.840.